The van der Waals surface area contributed by atoms with Gasteiger partial charge in [-0.2, -0.15) is 0 Å². The van der Waals surface area contributed by atoms with Gasteiger partial charge in [0.15, 0.2) is 0 Å². The fourth-order valence-electron chi connectivity index (χ4n) is 3.52. The Morgan fingerprint density at radius 3 is 1.94 bits per heavy atom. The minimum atomic E-state index is -0.158. The van der Waals surface area contributed by atoms with Crippen LogP contribution in [-0.4, -0.2) is 27.3 Å². The predicted octanol–water partition coefficient (Wildman–Crippen LogP) is 6.62. The van der Waals surface area contributed by atoms with Crippen molar-refractivity contribution >= 4 is 17.3 Å². The van der Waals surface area contributed by atoms with Crippen molar-refractivity contribution in [3.63, 3.8) is 0 Å². The zero-order valence-electron chi connectivity index (χ0n) is 18.9. The topological polar surface area (TPSA) is 44.8 Å². The van der Waals surface area contributed by atoms with E-state index in [0.717, 1.165) is 35.5 Å². The van der Waals surface area contributed by atoms with Crippen molar-refractivity contribution in [1.82, 2.24) is 0 Å². The summed E-state index contributed by atoms with van der Waals surface area (Å²) in [7, 11) is 4.80. The van der Waals surface area contributed by atoms with Gasteiger partial charge in [-0.05, 0) is 71.8 Å². The lowest BCUT2D eigenvalue weighted by Gasteiger charge is -2.22. The highest BCUT2D eigenvalue weighted by molar-refractivity contribution is 7.16. The van der Waals surface area contributed by atoms with Crippen molar-refractivity contribution in [2.75, 3.05) is 21.3 Å². The average molecular weight is 439 g/mol. The number of hydrogen-bond acceptors (Lipinski definition) is 5. The number of ether oxygens (including phenoxy) is 3. The third-order valence-electron chi connectivity index (χ3n) is 5.44. The molecule has 2 aromatic carbocycles. The molecule has 0 aliphatic carbocycles. The molecule has 0 amide bonds. The molecule has 0 aliphatic heterocycles. The normalized spacial score (nSPS) is 11.3. The molecule has 1 aromatic heterocycles. The maximum absolute atomic E-state index is 11.7. The van der Waals surface area contributed by atoms with E-state index >= 15 is 0 Å². The molecule has 0 spiro atoms. The molecule has 5 heteroatoms. The van der Waals surface area contributed by atoms with Gasteiger partial charge in [0.25, 0.3) is 0 Å². The second kappa shape index (κ2) is 10.0. The van der Waals surface area contributed by atoms with Crippen LogP contribution >= 0.6 is 11.3 Å². The Morgan fingerprint density at radius 2 is 1.42 bits per heavy atom. The van der Waals surface area contributed by atoms with Crippen LogP contribution in [0.4, 0.5) is 0 Å². The van der Waals surface area contributed by atoms with E-state index in [1.807, 2.05) is 35.6 Å². The number of carbonyl (C=O) groups is 1. The van der Waals surface area contributed by atoms with Crippen molar-refractivity contribution in [2.24, 2.45) is 5.41 Å². The van der Waals surface area contributed by atoms with Gasteiger partial charge in [0.2, 0.25) is 0 Å². The molecule has 0 radical (unpaired) electrons. The number of benzene rings is 2. The summed E-state index contributed by atoms with van der Waals surface area (Å²) < 4.78 is 15.5. The summed E-state index contributed by atoms with van der Waals surface area (Å²) in [6.45, 7) is 4.23. The fourth-order valence-corrected chi connectivity index (χ4v) is 4.70. The minimum absolute atomic E-state index is 0.113. The van der Waals surface area contributed by atoms with Crippen LogP contribution in [0.3, 0.4) is 0 Å². The van der Waals surface area contributed by atoms with Crippen LogP contribution in [0.2, 0.25) is 0 Å². The number of rotatable bonds is 9. The fraction of sp³-hybridized carbons (Fsp3) is 0.346. The minimum Gasteiger partial charge on any atom is -0.497 e. The molecule has 31 heavy (non-hydrogen) atoms. The first kappa shape index (κ1) is 22.9. The molecular formula is C26H30O4S. The van der Waals surface area contributed by atoms with Crippen LogP contribution in [-0.2, 0) is 16.0 Å². The molecule has 3 aromatic rings. The summed E-state index contributed by atoms with van der Waals surface area (Å²) in [5, 5.41) is 0. The zero-order chi connectivity index (χ0) is 22.4. The highest BCUT2D eigenvalue weighted by Crippen LogP contribution is 2.41. The van der Waals surface area contributed by atoms with Gasteiger partial charge >= 0.3 is 5.97 Å². The van der Waals surface area contributed by atoms with E-state index in [0.29, 0.717) is 6.42 Å². The molecule has 3 rings (SSSR count). The quantitative estimate of drug-likeness (QED) is 0.352. The zero-order valence-corrected chi connectivity index (χ0v) is 19.7. The Hall–Kier alpha value is -2.79. The number of carbonyl (C=O) groups excluding carboxylic acids is 1. The monoisotopic (exact) mass is 438 g/mol. The Labute approximate surface area is 188 Å². The Kier molecular flexibility index (Phi) is 7.39. The number of methoxy groups -OCH3 is 3. The largest absolute Gasteiger partial charge is 0.497 e. The second-order valence-corrected chi connectivity index (χ2v) is 9.47. The molecule has 0 fully saturated rings. The van der Waals surface area contributed by atoms with Gasteiger partial charge in [-0.25, -0.2) is 0 Å². The number of esters is 1. The maximum Gasteiger partial charge on any atom is 0.306 e. The lowest BCUT2D eigenvalue weighted by molar-refractivity contribution is -0.143. The highest BCUT2D eigenvalue weighted by atomic mass is 32.1. The SMILES string of the molecule is COC(=O)CC(C)(C)CCc1cc(-c2ccc(OC)cc2)c(-c2ccc(OC)cc2)s1. The first-order valence-corrected chi connectivity index (χ1v) is 11.2. The van der Waals surface area contributed by atoms with Crippen molar-refractivity contribution < 1.29 is 19.0 Å². The lowest BCUT2D eigenvalue weighted by Crippen LogP contribution is -2.18. The van der Waals surface area contributed by atoms with Crippen molar-refractivity contribution in [2.45, 2.75) is 33.1 Å². The summed E-state index contributed by atoms with van der Waals surface area (Å²) in [5.41, 5.74) is 3.41. The van der Waals surface area contributed by atoms with E-state index in [9.17, 15) is 4.79 Å². The molecule has 0 saturated carbocycles. The lowest BCUT2D eigenvalue weighted by atomic mass is 9.84. The number of thiophene rings is 1. The Morgan fingerprint density at radius 1 is 0.871 bits per heavy atom. The summed E-state index contributed by atoms with van der Waals surface area (Å²) in [4.78, 5) is 14.3. The van der Waals surface area contributed by atoms with Crippen LogP contribution in [0.5, 0.6) is 11.5 Å². The summed E-state index contributed by atoms with van der Waals surface area (Å²) in [5.74, 6) is 1.53. The summed E-state index contributed by atoms with van der Waals surface area (Å²) in [6.07, 6.45) is 2.24. The second-order valence-electron chi connectivity index (χ2n) is 8.33. The maximum atomic E-state index is 11.7. The van der Waals surface area contributed by atoms with Crippen molar-refractivity contribution in [3.05, 3.63) is 59.5 Å². The van der Waals surface area contributed by atoms with Gasteiger partial charge in [-0.1, -0.05) is 26.0 Å². The molecule has 0 aliphatic rings. The molecule has 1 heterocycles. The van der Waals surface area contributed by atoms with Crippen molar-refractivity contribution in [3.8, 4) is 33.1 Å². The molecule has 0 N–H and O–H groups in total. The molecule has 164 valence electrons. The molecule has 4 nitrogen and oxygen atoms in total. The molecule has 0 bridgehead atoms. The van der Waals surface area contributed by atoms with E-state index in [-0.39, 0.29) is 11.4 Å². The van der Waals surface area contributed by atoms with E-state index in [2.05, 4.69) is 44.2 Å². The number of aryl methyl sites for hydroxylation is 1. The Bertz CT molecular complexity index is 936. The average Bonchev–Trinajstić information content (AvgIpc) is 3.22. The standard InChI is InChI=1S/C26H30O4S/c1-26(2,17-24(27)30-5)15-14-22-16-23(18-6-10-20(28-3)11-7-18)25(31-22)19-8-12-21(29-4)13-9-19/h6-13,16H,14-15,17H2,1-5H3. The van der Waals surface area contributed by atoms with E-state index in [4.69, 9.17) is 14.2 Å². The van der Waals surface area contributed by atoms with E-state index in [1.165, 1.54) is 22.4 Å². The molecule has 0 unspecified atom stereocenters. The summed E-state index contributed by atoms with van der Waals surface area (Å²) in [6, 6.07) is 18.6. The van der Waals surface area contributed by atoms with Crippen LogP contribution in [0, 0.1) is 5.41 Å². The van der Waals surface area contributed by atoms with Crippen LogP contribution in [0.15, 0.2) is 54.6 Å². The number of hydrogen-bond donors (Lipinski definition) is 0. The van der Waals surface area contributed by atoms with Crippen LogP contribution in [0.1, 0.15) is 31.6 Å². The van der Waals surface area contributed by atoms with Gasteiger partial charge < -0.3 is 14.2 Å². The molecule has 0 saturated heterocycles. The first-order valence-electron chi connectivity index (χ1n) is 10.3. The molecule has 0 atom stereocenters. The van der Waals surface area contributed by atoms with Gasteiger partial charge in [0, 0.05) is 15.3 Å². The van der Waals surface area contributed by atoms with Gasteiger partial charge in [-0.3, -0.25) is 4.79 Å². The van der Waals surface area contributed by atoms with Crippen molar-refractivity contribution in [1.29, 1.82) is 0 Å². The van der Waals surface area contributed by atoms with Crippen LogP contribution < -0.4 is 9.47 Å². The third kappa shape index (κ3) is 5.88. The Balaban J connectivity index is 1.92. The smallest absolute Gasteiger partial charge is 0.306 e. The highest BCUT2D eigenvalue weighted by Gasteiger charge is 2.23. The van der Waals surface area contributed by atoms with Crippen LogP contribution in [0.25, 0.3) is 21.6 Å². The third-order valence-corrected chi connectivity index (χ3v) is 6.68. The van der Waals surface area contributed by atoms with Gasteiger partial charge in [0.1, 0.15) is 11.5 Å². The first-order chi connectivity index (χ1) is 14.8. The van der Waals surface area contributed by atoms with E-state index in [1.54, 1.807) is 14.2 Å². The van der Waals surface area contributed by atoms with Gasteiger partial charge in [-0.15, -0.1) is 11.3 Å². The molecular weight excluding hydrogens is 408 g/mol. The predicted molar refractivity (Wildman–Crippen MR) is 127 cm³/mol. The summed E-state index contributed by atoms with van der Waals surface area (Å²) >= 11 is 1.81. The van der Waals surface area contributed by atoms with E-state index < -0.39 is 0 Å². The van der Waals surface area contributed by atoms with Gasteiger partial charge in [0.05, 0.1) is 27.8 Å².